The van der Waals surface area contributed by atoms with Crippen LogP contribution in [0.25, 0.3) is 0 Å². The molecular weight excluding hydrogens is 254 g/mol. The summed E-state index contributed by atoms with van der Waals surface area (Å²) in [5.74, 6) is 0. The Kier molecular flexibility index (Phi) is 4.62. The molecule has 0 saturated carbocycles. The van der Waals surface area contributed by atoms with Gasteiger partial charge in [-0.05, 0) is 49.1 Å². The highest BCUT2D eigenvalue weighted by molar-refractivity contribution is 6.31. The van der Waals surface area contributed by atoms with E-state index >= 15 is 0 Å². The lowest BCUT2D eigenvalue weighted by Gasteiger charge is -2.17. The quantitative estimate of drug-likeness (QED) is 0.843. The van der Waals surface area contributed by atoms with Crippen molar-refractivity contribution >= 4 is 11.6 Å². The second-order valence-electron chi connectivity index (χ2n) is 4.99. The number of nitrogens with one attached hydrogen (secondary N) is 1. The van der Waals surface area contributed by atoms with Gasteiger partial charge in [-0.25, -0.2) is 0 Å². The van der Waals surface area contributed by atoms with Crippen molar-refractivity contribution in [2.75, 3.05) is 0 Å². The second-order valence-corrected chi connectivity index (χ2v) is 5.40. The fraction of sp³-hybridized carbons (Fsp3) is 0.294. The molecule has 1 atom stereocenters. The summed E-state index contributed by atoms with van der Waals surface area (Å²) in [5, 5.41) is 4.38. The molecular formula is C17H20ClN. The van der Waals surface area contributed by atoms with Crippen LogP contribution in [-0.2, 0) is 6.54 Å². The van der Waals surface area contributed by atoms with Gasteiger partial charge in [0.05, 0.1) is 0 Å². The van der Waals surface area contributed by atoms with Crippen LogP contribution in [0.3, 0.4) is 0 Å². The molecule has 19 heavy (non-hydrogen) atoms. The van der Waals surface area contributed by atoms with Gasteiger partial charge in [0.1, 0.15) is 0 Å². The van der Waals surface area contributed by atoms with Crippen molar-refractivity contribution in [3.05, 3.63) is 69.7 Å². The lowest BCUT2D eigenvalue weighted by atomic mass is 10.0. The van der Waals surface area contributed by atoms with Gasteiger partial charge in [0.2, 0.25) is 0 Å². The fourth-order valence-electron chi connectivity index (χ4n) is 2.32. The highest BCUT2D eigenvalue weighted by atomic mass is 35.5. The molecule has 2 rings (SSSR count). The van der Waals surface area contributed by atoms with E-state index in [2.05, 4.69) is 50.4 Å². The van der Waals surface area contributed by atoms with Crippen molar-refractivity contribution in [1.82, 2.24) is 5.32 Å². The first-order valence-electron chi connectivity index (χ1n) is 6.62. The van der Waals surface area contributed by atoms with Gasteiger partial charge in [-0.15, -0.1) is 0 Å². The highest BCUT2D eigenvalue weighted by Gasteiger charge is 2.09. The average Bonchev–Trinajstić information content (AvgIpc) is 2.38. The second kappa shape index (κ2) is 6.23. The Morgan fingerprint density at radius 1 is 1.00 bits per heavy atom. The number of hydrogen-bond acceptors (Lipinski definition) is 1. The third-order valence-corrected chi connectivity index (χ3v) is 3.95. The molecule has 1 N–H and O–H groups in total. The summed E-state index contributed by atoms with van der Waals surface area (Å²) in [6.07, 6.45) is 0. The highest BCUT2D eigenvalue weighted by Crippen LogP contribution is 2.23. The number of hydrogen-bond donors (Lipinski definition) is 1. The van der Waals surface area contributed by atoms with Crippen molar-refractivity contribution in [3.8, 4) is 0 Å². The minimum atomic E-state index is 0.243. The van der Waals surface area contributed by atoms with Gasteiger partial charge in [0, 0.05) is 17.6 Å². The number of aryl methyl sites for hydroxylation is 2. The van der Waals surface area contributed by atoms with Crippen molar-refractivity contribution in [2.45, 2.75) is 33.4 Å². The first-order chi connectivity index (χ1) is 9.09. The molecule has 0 bridgehead atoms. The zero-order valence-corrected chi connectivity index (χ0v) is 12.5. The molecule has 0 radical (unpaired) electrons. The third-order valence-electron chi connectivity index (χ3n) is 3.60. The van der Waals surface area contributed by atoms with E-state index in [0.717, 1.165) is 17.1 Å². The summed E-state index contributed by atoms with van der Waals surface area (Å²) in [7, 11) is 0. The molecule has 0 aliphatic heterocycles. The third kappa shape index (κ3) is 3.37. The van der Waals surface area contributed by atoms with Crippen LogP contribution in [0.15, 0.2) is 42.5 Å². The molecule has 2 aromatic carbocycles. The minimum absolute atomic E-state index is 0.243. The summed E-state index contributed by atoms with van der Waals surface area (Å²) >= 11 is 6.22. The van der Waals surface area contributed by atoms with Crippen LogP contribution in [0.1, 0.15) is 35.2 Å². The van der Waals surface area contributed by atoms with E-state index < -0.39 is 0 Å². The van der Waals surface area contributed by atoms with Crippen molar-refractivity contribution in [3.63, 3.8) is 0 Å². The molecule has 0 amide bonds. The van der Waals surface area contributed by atoms with E-state index in [4.69, 9.17) is 11.6 Å². The van der Waals surface area contributed by atoms with Crippen LogP contribution >= 0.6 is 11.6 Å². The topological polar surface area (TPSA) is 12.0 Å². The SMILES string of the molecule is Cc1cccc(C)c1CN[C@@H](C)c1ccccc1Cl. The molecule has 1 nitrogen and oxygen atoms in total. The smallest absolute Gasteiger partial charge is 0.0453 e. The van der Waals surface area contributed by atoms with Gasteiger partial charge >= 0.3 is 0 Å². The molecule has 100 valence electrons. The van der Waals surface area contributed by atoms with Crippen molar-refractivity contribution < 1.29 is 0 Å². The Morgan fingerprint density at radius 2 is 1.63 bits per heavy atom. The average molecular weight is 274 g/mol. The zero-order valence-electron chi connectivity index (χ0n) is 11.7. The number of rotatable bonds is 4. The lowest BCUT2D eigenvalue weighted by molar-refractivity contribution is 0.572. The van der Waals surface area contributed by atoms with Gasteiger partial charge in [-0.2, -0.15) is 0 Å². The Balaban J connectivity index is 2.09. The van der Waals surface area contributed by atoms with E-state index in [9.17, 15) is 0 Å². The molecule has 0 saturated heterocycles. The van der Waals surface area contributed by atoms with Crippen molar-refractivity contribution in [1.29, 1.82) is 0 Å². The molecule has 0 fully saturated rings. The molecule has 0 unspecified atom stereocenters. The first-order valence-corrected chi connectivity index (χ1v) is 7.00. The van der Waals surface area contributed by atoms with Gasteiger partial charge in [-0.3, -0.25) is 0 Å². The normalized spacial score (nSPS) is 12.4. The van der Waals surface area contributed by atoms with E-state index in [0.29, 0.717) is 0 Å². The summed E-state index contributed by atoms with van der Waals surface area (Å²) in [4.78, 5) is 0. The van der Waals surface area contributed by atoms with Crippen LogP contribution in [0, 0.1) is 13.8 Å². The maximum Gasteiger partial charge on any atom is 0.0453 e. The minimum Gasteiger partial charge on any atom is -0.306 e. The van der Waals surface area contributed by atoms with E-state index in [-0.39, 0.29) is 6.04 Å². The van der Waals surface area contributed by atoms with Crippen LogP contribution in [0.4, 0.5) is 0 Å². The monoisotopic (exact) mass is 273 g/mol. The van der Waals surface area contributed by atoms with E-state index in [1.165, 1.54) is 16.7 Å². The molecule has 0 aliphatic rings. The summed E-state index contributed by atoms with van der Waals surface area (Å²) < 4.78 is 0. The molecule has 2 heteroatoms. The summed E-state index contributed by atoms with van der Waals surface area (Å²) in [5.41, 5.74) is 5.19. The Labute approximate surface area is 120 Å². The fourth-order valence-corrected chi connectivity index (χ4v) is 2.62. The predicted molar refractivity (Wildman–Crippen MR) is 82.6 cm³/mol. The van der Waals surface area contributed by atoms with E-state index in [1.807, 2.05) is 18.2 Å². The maximum atomic E-state index is 6.22. The lowest BCUT2D eigenvalue weighted by Crippen LogP contribution is -2.19. The summed E-state index contributed by atoms with van der Waals surface area (Å²) in [6.45, 7) is 7.33. The Bertz CT molecular complexity index is 543. The number of halogens is 1. The van der Waals surface area contributed by atoms with Gasteiger partial charge in [0.25, 0.3) is 0 Å². The molecule has 0 heterocycles. The van der Waals surface area contributed by atoms with E-state index in [1.54, 1.807) is 0 Å². The Hall–Kier alpha value is -1.31. The molecule has 2 aromatic rings. The maximum absolute atomic E-state index is 6.22. The van der Waals surface area contributed by atoms with Crippen LogP contribution in [0.5, 0.6) is 0 Å². The van der Waals surface area contributed by atoms with Gasteiger partial charge in [-0.1, -0.05) is 48.0 Å². The molecule has 0 spiro atoms. The molecule has 0 aliphatic carbocycles. The van der Waals surface area contributed by atoms with Crippen LogP contribution in [-0.4, -0.2) is 0 Å². The number of benzene rings is 2. The standard InChI is InChI=1S/C17H20ClN/c1-12-7-6-8-13(2)16(12)11-19-14(3)15-9-4-5-10-17(15)18/h4-10,14,19H,11H2,1-3H3/t14-/m0/s1. The van der Waals surface area contributed by atoms with Crippen LogP contribution < -0.4 is 5.32 Å². The van der Waals surface area contributed by atoms with Gasteiger partial charge < -0.3 is 5.32 Å². The van der Waals surface area contributed by atoms with Crippen LogP contribution in [0.2, 0.25) is 5.02 Å². The summed E-state index contributed by atoms with van der Waals surface area (Å²) in [6, 6.07) is 14.7. The predicted octanol–water partition coefficient (Wildman–Crippen LogP) is 4.81. The van der Waals surface area contributed by atoms with Crippen molar-refractivity contribution in [2.24, 2.45) is 0 Å². The van der Waals surface area contributed by atoms with Gasteiger partial charge in [0.15, 0.2) is 0 Å². The zero-order chi connectivity index (χ0) is 13.8. The Morgan fingerprint density at radius 3 is 2.26 bits per heavy atom. The largest absolute Gasteiger partial charge is 0.306 e. The molecule has 0 aromatic heterocycles. The first kappa shape index (κ1) is 14.1.